The van der Waals surface area contributed by atoms with Crippen LogP contribution in [-0.2, 0) is 4.79 Å². The molecule has 0 bridgehead atoms. The standard InChI is InChI=1S/C12H13Cl2N3O3/c13-8-2-1-7(5-9(8)14)16-12(20)17-4-3-15-6-10(17)11(18)19/h1-2,5,10,15H,3-4,6H2,(H,16,20)(H,18,19). The Morgan fingerprint density at radius 1 is 1.35 bits per heavy atom. The van der Waals surface area contributed by atoms with Gasteiger partial charge in [0.1, 0.15) is 6.04 Å². The van der Waals surface area contributed by atoms with Crippen molar-refractivity contribution in [2.24, 2.45) is 0 Å². The summed E-state index contributed by atoms with van der Waals surface area (Å²) in [5.74, 6) is -1.04. The molecule has 0 spiro atoms. The molecule has 3 N–H and O–H groups in total. The number of carboxylic acid groups (broad SMARTS) is 1. The molecule has 1 unspecified atom stereocenters. The van der Waals surface area contributed by atoms with E-state index >= 15 is 0 Å². The van der Waals surface area contributed by atoms with Crippen molar-refractivity contribution in [3.05, 3.63) is 28.2 Å². The summed E-state index contributed by atoms with van der Waals surface area (Å²) in [7, 11) is 0. The average molecular weight is 318 g/mol. The normalized spacial score (nSPS) is 18.7. The van der Waals surface area contributed by atoms with Gasteiger partial charge < -0.3 is 20.6 Å². The molecule has 1 heterocycles. The van der Waals surface area contributed by atoms with Gasteiger partial charge in [0.05, 0.1) is 10.0 Å². The Hall–Kier alpha value is -1.50. The zero-order chi connectivity index (χ0) is 14.7. The number of carboxylic acids is 1. The Morgan fingerprint density at radius 3 is 2.75 bits per heavy atom. The molecule has 0 aliphatic carbocycles. The first-order valence-electron chi connectivity index (χ1n) is 5.95. The molecule has 1 aliphatic rings. The van der Waals surface area contributed by atoms with Gasteiger partial charge in [0, 0.05) is 25.3 Å². The van der Waals surface area contributed by atoms with Crippen molar-refractivity contribution in [2.75, 3.05) is 25.0 Å². The predicted molar refractivity (Wildman–Crippen MR) is 76.5 cm³/mol. The fourth-order valence-corrected chi connectivity index (χ4v) is 2.24. The molecule has 108 valence electrons. The molecule has 20 heavy (non-hydrogen) atoms. The van der Waals surface area contributed by atoms with Gasteiger partial charge in [-0.3, -0.25) is 0 Å². The van der Waals surface area contributed by atoms with Crippen molar-refractivity contribution < 1.29 is 14.7 Å². The highest BCUT2D eigenvalue weighted by Crippen LogP contribution is 2.25. The Kier molecular flexibility index (Phi) is 4.69. The number of hydrogen-bond acceptors (Lipinski definition) is 3. The summed E-state index contributed by atoms with van der Waals surface area (Å²) < 4.78 is 0. The molecule has 1 aromatic rings. The van der Waals surface area contributed by atoms with Gasteiger partial charge in [-0.05, 0) is 18.2 Å². The Labute approximate surface area is 125 Å². The summed E-state index contributed by atoms with van der Waals surface area (Å²) in [6, 6.07) is 3.32. The van der Waals surface area contributed by atoms with E-state index in [9.17, 15) is 9.59 Å². The lowest BCUT2D eigenvalue weighted by Crippen LogP contribution is -2.58. The third-order valence-electron chi connectivity index (χ3n) is 2.96. The van der Waals surface area contributed by atoms with E-state index in [-0.39, 0.29) is 6.54 Å². The van der Waals surface area contributed by atoms with E-state index in [2.05, 4.69) is 10.6 Å². The van der Waals surface area contributed by atoms with E-state index in [0.717, 1.165) is 0 Å². The van der Waals surface area contributed by atoms with Crippen LogP contribution in [0, 0.1) is 0 Å². The molecule has 2 amide bonds. The number of aliphatic carboxylic acids is 1. The van der Waals surface area contributed by atoms with Crippen LogP contribution in [0.1, 0.15) is 0 Å². The van der Waals surface area contributed by atoms with E-state index in [0.29, 0.717) is 28.8 Å². The molecular weight excluding hydrogens is 305 g/mol. The number of rotatable bonds is 2. The minimum absolute atomic E-state index is 0.226. The summed E-state index contributed by atoms with van der Waals surface area (Å²) in [5.41, 5.74) is 0.465. The van der Waals surface area contributed by atoms with Gasteiger partial charge in [-0.1, -0.05) is 23.2 Å². The van der Waals surface area contributed by atoms with Gasteiger partial charge in [0.2, 0.25) is 0 Å². The Bertz CT molecular complexity index is 539. The number of urea groups is 1. The van der Waals surface area contributed by atoms with Crippen molar-refractivity contribution in [3.63, 3.8) is 0 Å². The van der Waals surface area contributed by atoms with Gasteiger partial charge >= 0.3 is 12.0 Å². The quantitative estimate of drug-likeness (QED) is 0.778. The van der Waals surface area contributed by atoms with E-state index in [4.69, 9.17) is 28.3 Å². The topological polar surface area (TPSA) is 81.7 Å². The highest BCUT2D eigenvalue weighted by molar-refractivity contribution is 6.42. The number of nitrogens with one attached hydrogen (secondary N) is 2. The largest absolute Gasteiger partial charge is 0.480 e. The molecule has 1 atom stereocenters. The summed E-state index contributed by atoms with van der Waals surface area (Å²) >= 11 is 11.7. The maximum absolute atomic E-state index is 12.1. The second-order valence-electron chi connectivity index (χ2n) is 4.31. The second kappa shape index (κ2) is 6.30. The van der Waals surface area contributed by atoms with Crippen LogP contribution in [-0.4, -0.2) is 47.7 Å². The molecule has 1 saturated heterocycles. The van der Waals surface area contributed by atoms with E-state index in [1.165, 1.54) is 11.0 Å². The minimum Gasteiger partial charge on any atom is -0.480 e. The molecule has 0 aromatic heterocycles. The van der Waals surface area contributed by atoms with Crippen molar-refractivity contribution in [1.29, 1.82) is 0 Å². The fourth-order valence-electron chi connectivity index (χ4n) is 1.94. The summed E-state index contributed by atoms with van der Waals surface area (Å²) in [6.45, 7) is 1.10. The van der Waals surface area contributed by atoms with E-state index in [1.54, 1.807) is 12.1 Å². The number of carbonyl (C=O) groups is 2. The van der Waals surface area contributed by atoms with Crippen LogP contribution in [0.4, 0.5) is 10.5 Å². The zero-order valence-corrected chi connectivity index (χ0v) is 11.9. The van der Waals surface area contributed by atoms with Gasteiger partial charge in [-0.15, -0.1) is 0 Å². The fraction of sp³-hybridized carbons (Fsp3) is 0.333. The van der Waals surface area contributed by atoms with Crippen molar-refractivity contribution in [2.45, 2.75) is 6.04 Å². The average Bonchev–Trinajstić information content (AvgIpc) is 2.43. The third-order valence-corrected chi connectivity index (χ3v) is 3.70. The maximum atomic E-state index is 12.1. The molecule has 1 fully saturated rings. The number of piperazine rings is 1. The van der Waals surface area contributed by atoms with Crippen molar-refractivity contribution >= 4 is 40.9 Å². The van der Waals surface area contributed by atoms with Crippen molar-refractivity contribution in [3.8, 4) is 0 Å². The molecule has 2 rings (SSSR count). The molecule has 1 aliphatic heterocycles. The first-order valence-corrected chi connectivity index (χ1v) is 6.71. The number of nitrogens with zero attached hydrogens (tertiary/aromatic N) is 1. The van der Waals surface area contributed by atoms with Gasteiger partial charge in [0.15, 0.2) is 0 Å². The van der Waals surface area contributed by atoms with Crippen molar-refractivity contribution in [1.82, 2.24) is 10.2 Å². The molecular formula is C12H13Cl2N3O3. The maximum Gasteiger partial charge on any atom is 0.327 e. The third kappa shape index (κ3) is 3.33. The first kappa shape index (κ1) is 14.9. The van der Waals surface area contributed by atoms with Gasteiger partial charge in [-0.25, -0.2) is 9.59 Å². The molecule has 0 saturated carbocycles. The number of halogens is 2. The smallest absolute Gasteiger partial charge is 0.327 e. The van der Waals surface area contributed by atoms with Crippen LogP contribution in [0.15, 0.2) is 18.2 Å². The Morgan fingerprint density at radius 2 is 2.10 bits per heavy atom. The van der Waals surface area contributed by atoms with Crippen LogP contribution in [0.3, 0.4) is 0 Å². The number of anilines is 1. The molecule has 6 nitrogen and oxygen atoms in total. The molecule has 8 heteroatoms. The van der Waals surface area contributed by atoms with Crippen LogP contribution in [0.5, 0.6) is 0 Å². The Balaban J connectivity index is 2.09. The number of hydrogen-bond donors (Lipinski definition) is 3. The predicted octanol–water partition coefficient (Wildman–Crippen LogP) is 1.88. The minimum atomic E-state index is -1.04. The van der Waals surface area contributed by atoms with E-state index in [1.807, 2.05) is 0 Å². The number of carbonyl (C=O) groups excluding carboxylic acids is 1. The second-order valence-corrected chi connectivity index (χ2v) is 5.12. The van der Waals surface area contributed by atoms with Gasteiger partial charge in [0.25, 0.3) is 0 Å². The van der Waals surface area contributed by atoms with Crippen LogP contribution < -0.4 is 10.6 Å². The summed E-state index contributed by atoms with van der Waals surface area (Å²) in [6.07, 6.45) is 0. The highest BCUT2D eigenvalue weighted by atomic mass is 35.5. The lowest BCUT2D eigenvalue weighted by Gasteiger charge is -2.33. The SMILES string of the molecule is O=C(O)C1CNCCN1C(=O)Nc1ccc(Cl)c(Cl)c1. The van der Waals surface area contributed by atoms with Crippen LogP contribution in [0.25, 0.3) is 0 Å². The zero-order valence-electron chi connectivity index (χ0n) is 10.4. The van der Waals surface area contributed by atoms with Crippen LogP contribution >= 0.6 is 23.2 Å². The van der Waals surface area contributed by atoms with Gasteiger partial charge in [-0.2, -0.15) is 0 Å². The molecule has 0 radical (unpaired) electrons. The summed E-state index contributed by atoms with van der Waals surface area (Å²) in [4.78, 5) is 24.5. The van der Waals surface area contributed by atoms with E-state index < -0.39 is 18.0 Å². The lowest BCUT2D eigenvalue weighted by atomic mass is 10.2. The monoisotopic (exact) mass is 317 g/mol. The number of benzene rings is 1. The molecule has 1 aromatic carbocycles. The summed E-state index contributed by atoms with van der Waals surface area (Å²) in [5, 5.41) is 15.4. The lowest BCUT2D eigenvalue weighted by molar-refractivity contribution is -0.142. The highest BCUT2D eigenvalue weighted by Gasteiger charge is 2.31. The number of amides is 2. The first-order chi connectivity index (χ1) is 9.49. The van der Waals surface area contributed by atoms with Crippen LogP contribution in [0.2, 0.25) is 10.0 Å².